The van der Waals surface area contributed by atoms with Crippen molar-refractivity contribution in [2.45, 2.75) is 20.3 Å². The number of aryl methyl sites for hydroxylation is 2. The summed E-state index contributed by atoms with van der Waals surface area (Å²) in [5.41, 5.74) is 5.20. The Morgan fingerprint density at radius 1 is 0.903 bits per heavy atom. The van der Waals surface area contributed by atoms with Gasteiger partial charge in [-0.2, -0.15) is 5.10 Å². The average Bonchev–Trinajstić information content (AvgIpc) is 3.04. The summed E-state index contributed by atoms with van der Waals surface area (Å²) in [4.78, 5) is 27.0. The molecule has 0 atom stereocenters. The molecule has 0 N–H and O–H groups in total. The maximum absolute atomic E-state index is 13.5. The van der Waals surface area contributed by atoms with Crippen LogP contribution >= 0.6 is 0 Å². The van der Waals surface area contributed by atoms with Crippen LogP contribution in [0.25, 0.3) is 16.7 Å². The lowest BCUT2D eigenvalue weighted by Crippen LogP contribution is -2.32. The molecule has 2 aromatic carbocycles. The first-order valence-electron chi connectivity index (χ1n) is 10.4. The van der Waals surface area contributed by atoms with Crippen LogP contribution < -0.4 is 9.80 Å². The number of aromatic nitrogens is 4. The van der Waals surface area contributed by atoms with Crippen LogP contribution in [0.1, 0.15) is 28.2 Å². The van der Waals surface area contributed by atoms with E-state index in [2.05, 4.69) is 10.00 Å². The molecule has 1 amide bonds. The normalized spacial score (nSPS) is 13.9. The Hall–Kier alpha value is -3.74. The number of amides is 1. The molecule has 156 valence electrons. The minimum absolute atomic E-state index is 0.0685. The van der Waals surface area contributed by atoms with Crippen LogP contribution in [0.3, 0.4) is 0 Å². The van der Waals surface area contributed by atoms with Gasteiger partial charge in [-0.1, -0.05) is 12.1 Å². The third-order valence-electron chi connectivity index (χ3n) is 5.64. The summed E-state index contributed by atoms with van der Waals surface area (Å²) in [6.45, 7) is 5.41. The van der Waals surface area contributed by atoms with Gasteiger partial charge in [0.05, 0.1) is 22.4 Å². The molecule has 4 aromatic rings. The van der Waals surface area contributed by atoms with Crippen LogP contribution in [0, 0.1) is 13.8 Å². The summed E-state index contributed by atoms with van der Waals surface area (Å²) in [6.07, 6.45) is 0.848. The summed E-state index contributed by atoms with van der Waals surface area (Å²) >= 11 is 0. The molecule has 3 heterocycles. The van der Waals surface area contributed by atoms with Gasteiger partial charge in [0, 0.05) is 31.4 Å². The molecule has 0 radical (unpaired) electrons. The van der Waals surface area contributed by atoms with Crippen molar-refractivity contribution < 1.29 is 4.79 Å². The maximum Gasteiger partial charge on any atom is 0.259 e. The minimum atomic E-state index is -0.0685. The second-order valence-corrected chi connectivity index (χ2v) is 7.98. The summed E-state index contributed by atoms with van der Waals surface area (Å²) in [5.74, 6) is 1.29. The molecule has 0 spiro atoms. The zero-order valence-electron chi connectivity index (χ0n) is 17.9. The maximum atomic E-state index is 13.5. The minimum Gasteiger partial charge on any atom is -0.357 e. The third kappa shape index (κ3) is 3.42. The van der Waals surface area contributed by atoms with E-state index in [1.54, 1.807) is 4.90 Å². The van der Waals surface area contributed by atoms with Gasteiger partial charge in [0.2, 0.25) is 0 Å². The first kappa shape index (κ1) is 19.2. The first-order chi connectivity index (χ1) is 15.0. The molecule has 0 bridgehead atoms. The molecule has 5 rings (SSSR count). The van der Waals surface area contributed by atoms with Crippen LogP contribution in [0.15, 0.2) is 54.6 Å². The molecular weight excluding hydrogens is 388 g/mol. The number of rotatable bonds is 2. The van der Waals surface area contributed by atoms with E-state index in [4.69, 9.17) is 9.97 Å². The van der Waals surface area contributed by atoms with Crippen molar-refractivity contribution in [3.63, 3.8) is 0 Å². The summed E-state index contributed by atoms with van der Waals surface area (Å²) in [6, 6.07) is 17.4. The molecule has 0 saturated heterocycles. The van der Waals surface area contributed by atoms with Gasteiger partial charge in [-0.3, -0.25) is 9.69 Å². The van der Waals surface area contributed by atoms with E-state index >= 15 is 0 Å². The molecule has 7 nitrogen and oxygen atoms in total. The Kier molecular flexibility index (Phi) is 4.66. The van der Waals surface area contributed by atoms with E-state index in [0.29, 0.717) is 17.9 Å². The number of hydrogen-bond donors (Lipinski definition) is 0. The third-order valence-corrected chi connectivity index (χ3v) is 5.64. The molecule has 0 unspecified atom stereocenters. The molecular formula is C24H24N6O. The second-order valence-electron chi connectivity index (χ2n) is 7.98. The van der Waals surface area contributed by atoms with E-state index in [9.17, 15) is 4.79 Å². The average molecular weight is 412 g/mol. The van der Waals surface area contributed by atoms with Gasteiger partial charge >= 0.3 is 0 Å². The number of fused-ring (bicyclic) bond motifs is 2. The van der Waals surface area contributed by atoms with Crippen LogP contribution in [0.5, 0.6) is 0 Å². The molecule has 0 saturated carbocycles. The number of carbonyl (C=O) groups is 1. The van der Waals surface area contributed by atoms with Gasteiger partial charge in [-0.25, -0.2) is 14.6 Å². The van der Waals surface area contributed by atoms with E-state index in [0.717, 1.165) is 46.9 Å². The standard InChI is InChI=1S/C24H24N6O/c1-16-15-17(2)30(27-16)19-11-9-18(10-12-19)24(31)29-14-6-13-28(3)22-23(29)26-21-8-5-4-7-20(21)25-22/h4-5,7-12,15H,6,13-14H2,1-3H3. The summed E-state index contributed by atoms with van der Waals surface area (Å²) < 4.78 is 1.89. The van der Waals surface area contributed by atoms with Crippen LogP contribution in [-0.2, 0) is 0 Å². The molecule has 1 aliphatic rings. The summed E-state index contributed by atoms with van der Waals surface area (Å²) in [7, 11) is 2.00. The smallest absolute Gasteiger partial charge is 0.259 e. The highest BCUT2D eigenvalue weighted by molar-refractivity contribution is 6.07. The van der Waals surface area contributed by atoms with Crippen LogP contribution in [0.4, 0.5) is 11.6 Å². The number of para-hydroxylation sites is 2. The summed E-state index contributed by atoms with van der Waals surface area (Å²) in [5, 5.41) is 4.52. The quantitative estimate of drug-likeness (QED) is 0.499. The number of nitrogens with zero attached hydrogens (tertiary/aromatic N) is 6. The fraction of sp³-hybridized carbons (Fsp3) is 0.250. The highest BCUT2D eigenvalue weighted by atomic mass is 16.2. The Bertz CT molecular complexity index is 1280. The highest BCUT2D eigenvalue weighted by Gasteiger charge is 2.27. The highest BCUT2D eigenvalue weighted by Crippen LogP contribution is 2.31. The second kappa shape index (κ2) is 7.50. The first-order valence-corrected chi connectivity index (χ1v) is 10.4. The monoisotopic (exact) mass is 412 g/mol. The molecule has 1 aliphatic heterocycles. The van der Waals surface area contributed by atoms with E-state index in [1.165, 1.54) is 0 Å². The fourth-order valence-electron chi connectivity index (χ4n) is 4.09. The number of carbonyl (C=O) groups excluding carboxylic acids is 1. The van der Waals surface area contributed by atoms with Gasteiger partial charge in [-0.15, -0.1) is 0 Å². The number of anilines is 2. The van der Waals surface area contributed by atoms with Crippen molar-refractivity contribution in [3.8, 4) is 5.69 Å². The lowest BCUT2D eigenvalue weighted by Gasteiger charge is -2.23. The zero-order chi connectivity index (χ0) is 21.5. The molecule has 2 aromatic heterocycles. The SMILES string of the molecule is Cc1cc(C)n(-c2ccc(C(=O)N3CCCN(C)c4nc5ccccc5nc43)cc2)n1. The number of hydrogen-bond acceptors (Lipinski definition) is 5. The fourth-order valence-corrected chi connectivity index (χ4v) is 4.09. The van der Waals surface area contributed by atoms with Gasteiger partial charge in [0.15, 0.2) is 11.6 Å². The van der Waals surface area contributed by atoms with Crippen molar-refractivity contribution >= 4 is 28.6 Å². The van der Waals surface area contributed by atoms with E-state index in [-0.39, 0.29) is 5.91 Å². The Balaban J connectivity index is 1.52. The molecule has 0 fully saturated rings. The van der Waals surface area contributed by atoms with Crippen LogP contribution in [0.2, 0.25) is 0 Å². The Labute approximate surface area is 181 Å². The zero-order valence-corrected chi connectivity index (χ0v) is 17.9. The molecule has 0 aliphatic carbocycles. The van der Waals surface area contributed by atoms with Crippen molar-refractivity contribution in [3.05, 3.63) is 71.5 Å². The molecule has 31 heavy (non-hydrogen) atoms. The van der Waals surface area contributed by atoms with Gasteiger partial charge in [0.25, 0.3) is 5.91 Å². The number of benzene rings is 2. The van der Waals surface area contributed by atoms with Crippen molar-refractivity contribution in [1.82, 2.24) is 19.7 Å². The predicted molar refractivity (Wildman–Crippen MR) is 122 cm³/mol. The predicted octanol–water partition coefficient (Wildman–Crippen LogP) is 3.92. The largest absolute Gasteiger partial charge is 0.357 e. The van der Waals surface area contributed by atoms with Crippen LogP contribution in [-0.4, -0.2) is 45.8 Å². The van der Waals surface area contributed by atoms with Gasteiger partial charge < -0.3 is 4.90 Å². The Morgan fingerprint density at radius 3 is 2.23 bits per heavy atom. The van der Waals surface area contributed by atoms with Gasteiger partial charge in [-0.05, 0) is 62.7 Å². The van der Waals surface area contributed by atoms with Crippen molar-refractivity contribution in [1.29, 1.82) is 0 Å². The lowest BCUT2D eigenvalue weighted by atomic mass is 10.1. The van der Waals surface area contributed by atoms with Crippen molar-refractivity contribution in [2.75, 3.05) is 29.9 Å². The van der Waals surface area contributed by atoms with Crippen molar-refractivity contribution in [2.24, 2.45) is 0 Å². The Morgan fingerprint density at radius 2 is 1.58 bits per heavy atom. The topological polar surface area (TPSA) is 67.2 Å². The van der Waals surface area contributed by atoms with E-state index < -0.39 is 0 Å². The lowest BCUT2D eigenvalue weighted by molar-refractivity contribution is 0.0986. The van der Waals surface area contributed by atoms with E-state index in [1.807, 2.05) is 80.2 Å². The van der Waals surface area contributed by atoms with Gasteiger partial charge in [0.1, 0.15) is 0 Å². The molecule has 7 heteroatoms.